The molecule has 0 spiro atoms. The van der Waals surface area contributed by atoms with Crippen LogP contribution in [0.25, 0.3) is 0 Å². The van der Waals surface area contributed by atoms with E-state index in [9.17, 15) is 4.79 Å². The summed E-state index contributed by atoms with van der Waals surface area (Å²) < 4.78 is 0. The van der Waals surface area contributed by atoms with Gasteiger partial charge >= 0.3 is 0 Å². The fourth-order valence-corrected chi connectivity index (χ4v) is 3.68. The Bertz CT molecular complexity index is 857. The van der Waals surface area contributed by atoms with Crippen LogP contribution in [0.15, 0.2) is 53.7 Å². The van der Waals surface area contributed by atoms with E-state index in [4.69, 9.17) is 11.6 Å². The van der Waals surface area contributed by atoms with Gasteiger partial charge in [0.2, 0.25) is 5.91 Å². The number of piperazine rings is 1. The minimum absolute atomic E-state index is 0. The summed E-state index contributed by atoms with van der Waals surface area (Å²) in [4.78, 5) is 27.9. The van der Waals surface area contributed by atoms with Gasteiger partial charge < -0.3 is 20.0 Å². The van der Waals surface area contributed by atoms with Gasteiger partial charge in [0.25, 0.3) is 0 Å². The Balaban J connectivity index is 0.00000363. The molecule has 32 heavy (non-hydrogen) atoms. The maximum atomic E-state index is 12.6. The first-order valence-electron chi connectivity index (χ1n) is 10.7. The van der Waals surface area contributed by atoms with Crippen LogP contribution >= 0.6 is 35.6 Å². The summed E-state index contributed by atoms with van der Waals surface area (Å²) in [5, 5.41) is 4.03. The molecule has 2 heterocycles. The predicted molar refractivity (Wildman–Crippen MR) is 142 cm³/mol. The number of rotatable bonds is 7. The first-order chi connectivity index (χ1) is 15.1. The van der Waals surface area contributed by atoms with Gasteiger partial charge in [-0.15, -0.1) is 24.0 Å². The highest BCUT2D eigenvalue weighted by molar-refractivity contribution is 14.0. The normalized spacial score (nSPS) is 14.0. The fraction of sp³-hybridized carbons (Fsp3) is 0.435. The lowest BCUT2D eigenvalue weighted by atomic mass is 10.2. The smallest absolute Gasteiger partial charge is 0.224 e. The zero-order chi connectivity index (χ0) is 22.1. The van der Waals surface area contributed by atoms with Crippen LogP contribution in [0.2, 0.25) is 5.02 Å². The number of pyridine rings is 1. The van der Waals surface area contributed by atoms with Crippen LogP contribution in [0.1, 0.15) is 18.9 Å². The highest BCUT2D eigenvalue weighted by Gasteiger charge is 2.21. The van der Waals surface area contributed by atoms with Crippen molar-refractivity contribution in [3.63, 3.8) is 0 Å². The predicted octanol–water partition coefficient (Wildman–Crippen LogP) is 3.49. The van der Waals surface area contributed by atoms with Gasteiger partial charge in [-0.2, -0.15) is 0 Å². The highest BCUT2D eigenvalue weighted by atomic mass is 127. The van der Waals surface area contributed by atoms with Crippen molar-refractivity contribution in [3.8, 4) is 0 Å². The average molecular weight is 571 g/mol. The number of halogens is 2. The number of nitrogens with zero attached hydrogens (tertiary/aromatic N) is 5. The van der Waals surface area contributed by atoms with E-state index in [1.54, 1.807) is 6.20 Å². The Morgan fingerprint density at radius 1 is 1.16 bits per heavy atom. The number of guanidine groups is 1. The van der Waals surface area contributed by atoms with Crippen molar-refractivity contribution in [2.24, 2.45) is 4.99 Å². The molecule has 1 aliphatic rings. The third-order valence-corrected chi connectivity index (χ3v) is 5.47. The zero-order valence-corrected chi connectivity index (χ0v) is 21.8. The van der Waals surface area contributed by atoms with Crippen molar-refractivity contribution in [1.82, 2.24) is 20.1 Å². The number of nitrogens with one attached hydrogen (secondary N) is 1. The molecule has 1 aromatic carbocycles. The summed E-state index contributed by atoms with van der Waals surface area (Å²) in [7, 11) is 1.99. The van der Waals surface area contributed by atoms with Gasteiger partial charge in [-0.1, -0.05) is 29.8 Å². The standard InChI is InChI=1S/C23H31ClN6O.HI/c1-3-25-23(28(2)18-19-7-9-20(24)10-8-19)27-13-11-22(31)30-16-14-29(15-17-30)21-6-4-5-12-26-21;/h4-10,12H,3,11,13-18H2,1-2H3,(H,25,27);1H. The Morgan fingerprint density at radius 2 is 1.88 bits per heavy atom. The van der Waals surface area contributed by atoms with Gasteiger partial charge in [-0.3, -0.25) is 9.79 Å². The topological polar surface area (TPSA) is 64.1 Å². The van der Waals surface area contributed by atoms with E-state index in [1.807, 2.05) is 61.3 Å². The molecule has 0 saturated carbocycles. The van der Waals surface area contributed by atoms with E-state index < -0.39 is 0 Å². The number of hydrogen-bond donors (Lipinski definition) is 1. The Morgan fingerprint density at radius 3 is 2.50 bits per heavy atom. The summed E-state index contributed by atoms with van der Waals surface area (Å²) in [6.45, 7) is 7.03. The van der Waals surface area contributed by atoms with Crippen LogP contribution in [0.4, 0.5) is 5.82 Å². The molecule has 1 N–H and O–H groups in total. The maximum absolute atomic E-state index is 12.6. The molecule has 7 nitrogen and oxygen atoms in total. The van der Waals surface area contributed by atoms with Crippen molar-refractivity contribution in [1.29, 1.82) is 0 Å². The molecule has 1 saturated heterocycles. The number of aromatic nitrogens is 1. The summed E-state index contributed by atoms with van der Waals surface area (Å²) >= 11 is 5.97. The van der Waals surface area contributed by atoms with Crippen molar-refractivity contribution in [2.75, 3.05) is 51.2 Å². The molecule has 0 aliphatic carbocycles. The van der Waals surface area contributed by atoms with Crippen molar-refractivity contribution in [3.05, 3.63) is 59.2 Å². The number of carbonyl (C=O) groups is 1. The summed E-state index contributed by atoms with van der Waals surface area (Å²) in [5.41, 5.74) is 1.15. The third-order valence-electron chi connectivity index (χ3n) is 5.22. The van der Waals surface area contributed by atoms with Crippen molar-refractivity contribution < 1.29 is 4.79 Å². The highest BCUT2D eigenvalue weighted by Crippen LogP contribution is 2.13. The van der Waals surface area contributed by atoms with E-state index in [0.717, 1.165) is 55.1 Å². The van der Waals surface area contributed by atoms with E-state index in [-0.39, 0.29) is 29.9 Å². The average Bonchev–Trinajstić information content (AvgIpc) is 2.80. The van der Waals surface area contributed by atoms with Gasteiger partial charge in [0.15, 0.2) is 5.96 Å². The number of aliphatic imine (C=N–C) groups is 1. The Kier molecular flexibility index (Phi) is 11.0. The zero-order valence-electron chi connectivity index (χ0n) is 18.7. The van der Waals surface area contributed by atoms with Crippen molar-refractivity contribution >= 4 is 53.3 Å². The second-order valence-electron chi connectivity index (χ2n) is 7.52. The quantitative estimate of drug-likeness (QED) is 0.314. The molecule has 1 aliphatic heterocycles. The molecule has 0 unspecified atom stereocenters. The molecular weight excluding hydrogens is 539 g/mol. The van der Waals surface area contributed by atoms with Gasteiger partial charge in [0.1, 0.15) is 5.82 Å². The van der Waals surface area contributed by atoms with E-state index >= 15 is 0 Å². The molecule has 0 radical (unpaired) electrons. The Labute approximate surface area is 212 Å². The summed E-state index contributed by atoms with van der Waals surface area (Å²) in [5.74, 6) is 1.92. The number of hydrogen-bond acceptors (Lipinski definition) is 4. The van der Waals surface area contributed by atoms with Gasteiger partial charge in [0, 0.05) is 64.0 Å². The van der Waals surface area contributed by atoms with Gasteiger partial charge in [-0.05, 0) is 36.8 Å². The molecule has 1 amide bonds. The van der Waals surface area contributed by atoms with Crippen LogP contribution in [-0.2, 0) is 11.3 Å². The van der Waals surface area contributed by atoms with Gasteiger partial charge in [-0.25, -0.2) is 4.98 Å². The molecule has 3 rings (SSSR count). The van der Waals surface area contributed by atoms with Crippen molar-refractivity contribution in [2.45, 2.75) is 19.9 Å². The first kappa shape index (κ1) is 26.2. The second kappa shape index (κ2) is 13.5. The lowest BCUT2D eigenvalue weighted by Crippen LogP contribution is -2.49. The number of amides is 1. The lowest BCUT2D eigenvalue weighted by Gasteiger charge is -2.35. The molecular formula is C23H32ClIN6O. The number of benzene rings is 1. The SMILES string of the molecule is CCNC(=NCCC(=O)N1CCN(c2ccccn2)CC1)N(C)Cc1ccc(Cl)cc1.I. The summed E-state index contributed by atoms with van der Waals surface area (Å²) in [6.07, 6.45) is 2.21. The van der Waals surface area contributed by atoms with E-state index in [1.165, 1.54) is 0 Å². The largest absolute Gasteiger partial charge is 0.357 e. The number of anilines is 1. The molecule has 174 valence electrons. The van der Waals surface area contributed by atoms with Crippen LogP contribution in [0, 0.1) is 0 Å². The maximum Gasteiger partial charge on any atom is 0.224 e. The van der Waals surface area contributed by atoms with Crippen LogP contribution < -0.4 is 10.2 Å². The third kappa shape index (κ3) is 7.81. The summed E-state index contributed by atoms with van der Waals surface area (Å²) in [6, 6.07) is 13.7. The number of carbonyl (C=O) groups excluding carboxylic acids is 1. The molecule has 9 heteroatoms. The lowest BCUT2D eigenvalue weighted by molar-refractivity contribution is -0.131. The van der Waals surface area contributed by atoms with Crippen LogP contribution in [0.3, 0.4) is 0 Å². The molecule has 0 atom stereocenters. The second-order valence-corrected chi connectivity index (χ2v) is 7.96. The Hall–Kier alpha value is -2.07. The molecule has 1 aromatic heterocycles. The monoisotopic (exact) mass is 570 g/mol. The van der Waals surface area contributed by atoms with E-state index in [2.05, 4.69) is 25.1 Å². The molecule has 0 bridgehead atoms. The first-order valence-corrected chi connectivity index (χ1v) is 11.1. The van der Waals surface area contributed by atoms with Crippen LogP contribution in [0.5, 0.6) is 0 Å². The van der Waals surface area contributed by atoms with Crippen LogP contribution in [-0.4, -0.2) is 73.0 Å². The molecule has 1 fully saturated rings. The minimum Gasteiger partial charge on any atom is -0.357 e. The fourth-order valence-electron chi connectivity index (χ4n) is 3.55. The molecule has 2 aromatic rings. The minimum atomic E-state index is 0. The van der Waals surface area contributed by atoms with Gasteiger partial charge in [0.05, 0.1) is 6.54 Å². The van der Waals surface area contributed by atoms with E-state index in [0.29, 0.717) is 19.5 Å².